The summed E-state index contributed by atoms with van der Waals surface area (Å²) in [7, 11) is 0. The zero-order valence-corrected chi connectivity index (χ0v) is 6.07. The minimum Gasteiger partial charge on any atom is -0.387 e. The van der Waals surface area contributed by atoms with Crippen LogP contribution >= 0.6 is 0 Å². The summed E-state index contributed by atoms with van der Waals surface area (Å²) in [5.74, 6) is -0.261. The molecular formula is C5H7N5O2. The number of nitrogens with zero attached hydrogens (tertiary/aromatic N) is 2. The van der Waals surface area contributed by atoms with E-state index >= 15 is 0 Å². The monoisotopic (exact) mass is 169 g/mol. The molecular weight excluding hydrogens is 162 g/mol. The van der Waals surface area contributed by atoms with Crippen molar-refractivity contribution in [1.29, 1.82) is 5.41 Å². The predicted molar refractivity (Wildman–Crippen MR) is 40.9 cm³/mol. The third-order valence-corrected chi connectivity index (χ3v) is 1.19. The van der Waals surface area contributed by atoms with Gasteiger partial charge in [0.05, 0.1) is 24.0 Å². The van der Waals surface area contributed by atoms with Crippen molar-refractivity contribution in [3.05, 3.63) is 21.9 Å². The Hall–Kier alpha value is -1.92. The zero-order chi connectivity index (χ0) is 9.14. The van der Waals surface area contributed by atoms with Gasteiger partial charge in [0.2, 0.25) is 0 Å². The number of amidine groups is 1. The number of hydrogen-bond acceptors (Lipinski definition) is 4. The lowest BCUT2D eigenvalue weighted by Gasteiger charge is -1.88. The molecule has 0 aromatic carbocycles. The van der Waals surface area contributed by atoms with Crippen molar-refractivity contribution in [2.24, 2.45) is 5.73 Å². The highest BCUT2D eigenvalue weighted by Crippen LogP contribution is 2.07. The van der Waals surface area contributed by atoms with Gasteiger partial charge in [0.1, 0.15) is 0 Å². The van der Waals surface area contributed by atoms with Gasteiger partial charge in [0, 0.05) is 0 Å². The lowest BCUT2D eigenvalue weighted by molar-refractivity contribution is -0.389. The van der Waals surface area contributed by atoms with E-state index in [-0.39, 0.29) is 18.1 Å². The van der Waals surface area contributed by atoms with Crippen LogP contribution in [0.15, 0.2) is 6.07 Å². The molecule has 0 aliphatic carbocycles. The van der Waals surface area contributed by atoms with Crippen molar-refractivity contribution in [3.63, 3.8) is 0 Å². The summed E-state index contributed by atoms with van der Waals surface area (Å²) in [6, 6.07) is 1.25. The van der Waals surface area contributed by atoms with Gasteiger partial charge in [0.25, 0.3) is 0 Å². The lowest BCUT2D eigenvalue weighted by Crippen LogP contribution is -2.12. The van der Waals surface area contributed by atoms with Crippen LogP contribution in [0.25, 0.3) is 0 Å². The van der Waals surface area contributed by atoms with Crippen LogP contribution in [0.2, 0.25) is 0 Å². The molecule has 0 aliphatic rings. The molecule has 12 heavy (non-hydrogen) atoms. The zero-order valence-electron chi connectivity index (χ0n) is 6.07. The molecule has 0 radical (unpaired) electrons. The summed E-state index contributed by atoms with van der Waals surface area (Å²) in [6.45, 7) is 0. The van der Waals surface area contributed by atoms with E-state index in [9.17, 15) is 10.1 Å². The Labute approximate surface area is 67.2 Å². The number of H-pyrrole nitrogens is 1. The third kappa shape index (κ3) is 1.78. The molecule has 7 heteroatoms. The first-order valence-corrected chi connectivity index (χ1v) is 3.11. The van der Waals surface area contributed by atoms with Crippen LogP contribution in [0.4, 0.5) is 5.82 Å². The average Bonchev–Trinajstić information content (AvgIpc) is 2.34. The van der Waals surface area contributed by atoms with Crippen molar-refractivity contribution in [2.45, 2.75) is 6.42 Å². The maximum atomic E-state index is 10.1. The van der Waals surface area contributed by atoms with Gasteiger partial charge in [-0.2, -0.15) is 0 Å². The molecule has 0 bridgehead atoms. The molecule has 0 saturated heterocycles. The number of nitro groups is 1. The fourth-order valence-corrected chi connectivity index (χ4v) is 0.731. The van der Waals surface area contributed by atoms with Crippen LogP contribution < -0.4 is 5.73 Å². The van der Waals surface area contributed by atoms with Gasteiger partial charge in [-0.3, -0.25) is 5.41 Å². The van der Waals surface area contributed by atoms with E-state index < -0.39 is 4.92 Å². The Balaban J connectivity index is 2.77. The molecule has 0 amide bonds. The third-order valence-electron chi connectivity index (χ3n) is 1.19. The van der Waals surface area contributed by atoms with Gasteiger partial charge in [-0.1, -0.05) is 5.10 Å². The first kappa shape index (κ1) is 8.18. The molecule has 1 aromatic heterocycles. The molecule has 0 unspecified atom stereocenters. The Kier molecular flexibility index (Phi) is 2.04. The van der Waals surface area contributed by atoms with Crippen LogP contribution in [-0.2, 0) is 6.42 Å². The van der Waals surface area contributed by atoms with Crippen LogP contribution in [-0.4, -0.2) is 21.0 Å². The summed E-state index contributed by atoms with van der Waals surface area (Å²) in [5.41, 5.74) is 5.47. The Morgan fingerprint density at radius 2 is 2.58 bits per heavy atom. The highest BCUT2D eigenvalue weighted by atomic mass is 16.6. The van der Waals surface area contributed by atoms with Gasteiger partial charge >= 0.3 is 5.82 Å². The van der Waals surface area contributed by atoms with Gasteiger partial charge in [-0.15, -0.1) is 5.10 Å². The predicted octanol–water partition coefficient (Wildman–Crippen LogP) is -0.204. The summed E-state index contributed by atoms with van der Waals surface area (Å²) < 4.78 is 0. The van der Waals surface area contributed by atoms with Crippen LogP contribution in [0, 0.1) is 15.5 Å². The molecule has 0 spiro atoms. The maximum Gasteiger partial charge on any atom is 0.342 e. The van der Waals surface area contributed by atoms with E-state index in [0.717, 1.165) is 0 Å². The van der Waals surface area contributed by atoms with Gasteiger partial charge in [0.15, 0.2) is 0 Å². The molecule has 4 N–H and O–H groups in total. The SMILES string of the molecule is N=C(N)Cc1cc([N+](=O)[O-])[nH]n1. The molecule has 0 atom stereocenters. The van der Waals surface area contributed by atoms with Crippen LogP contribution in [0.3, 0.4) is 0 Å². The molecule has 1 heterocycles. The van der Waals surface area contributed by atoms with E-state index in [1.807, 2.05) is 0 Å². The molecule has 0 fully saturated rings. The molecule has 64 valence electrons. The number of aromatic nitrogens is 2. The highest BCUT2D eigenvalue weighted by Gasteiger charge is 2.09. The number of rotatable bonds is 3. The average molecular weight is 169 g/mol. The Morgan fingerprint density at radius 3 is 3.00 bits per heavy atom. The molecule has 0 aliphatic heterocycles. The first-order valence-electron chi connectivity index (χ1n) is 3.11. The van der Waals surface area contributed by atoms with Gasteiger partial charge < -0.3 is 15.8 Å². The van der Waals surface area contributed by atoms with Crippen molar-refractivity contribution >= 4 is 11.7 Å². The Bertz CT molecular complexity index is 317. The first-order chi connectivity index (χ1) is 5.59. The molecule has 1 aromatic rings. The lowest BCUT2D eigenvalue weighted by atomic mass is 10.3. The summed E-state index contributed by atoms with van der Waals surface area (Å²) in [5, 5.41) is 22.9. The normalized spacial score (nSPS) is 9.67. The number of aromatic amines is 1. The maximum absolute atomic E-state index is 10.1. The van der Waals surface area contributed by atoms with Gasteiger partial charge in [-0.05, 0) is 4.92 Å². The fourth-order valence-electron chi connectivity index (χ4n) is 0.731. The second kappa shape index (κ2) is 2.99. The van der Waals surface area contributed by atoms with Crippen molar-refractivity contribution in [2.75, 3.05) is 0 Å². The van der Waals surface area contributed by atoms with Crippen molar-refractivity contribution in [3.8, 4) is 0 Å². The second-order valence-electron chi connectivity index (χ2n) is 2.20. The minimum absolute atomic E-state index is 0.0728. The van der Waals surface area contributed by atoms with E-state index in [0.29, 0.717) is 5.69 Å². The minimum atomic E-state index is -0.587. The van der Waals surface area contributed by atoms with E-state index in [2.05, 4.69) is 10.2 Å². The fraction of sp³-hybridized carbons (Fsp3) is 0.200. The molecule has 7 nitrogen and oxygen atoms in total. The van der Waals surface area contributed by atoms with E-state index in [1.54, 1.807) is 0 Å². The van der Waals surface area contributed by atoms with E-state index in [4.69, 9.17) is 11.1 Å². The number of nitrogens with two attached hydrogens (primary N) is 1. The number of hydrogen-bond donors (Lipinski definition) is 3. The summed E-state index contributed by atoms with van der Waals surface area (Å²) in [4.78, 5) is 9.56. The second-order valence-corrected chi connectivity index (χ2v) is 2.20. The highest BCUT2D eigenvalue weighted by molar-refractivity contribution is 5.79. The van der Waals surface area contributed by atoms with Crippen LogP contribution in [0.5, 0.6) is 0 Å². The summed E-state index contributed by atoms with van der Waals surface area (Å²) >= 11 is 0. The van der Waals surface area contributed by atoms with E-state index in [1.165, 1.54) is 6.07 Å². The smallest absolute Gasteiger partial charge is 0.342 e. The summed E-state index contributed by atoms with van der Waals surface area (Å²) in [6.07, 6.45) is 0.129. The largest absolute Gasteiger partial charge is 0.387 e. The molecule has 1 rings (SSSR count). The number of nitrogens with one attached hydrogen (secondary N) is 2. The van der Waals surface area contributed by atoms with Crippen LogP contribution in [0.1, 0.15) is 5.69 Å². The Morgan fingerprint density at radius 1 is 1.92 bits per heavy atom. The van der Waals surface area contributed by atoms with Crippen molar-refractivity contribution < 1.29 is 4.92 Å². The van der Waals surface area contributed by atoms with Crippen molar-refractivity contribution in [1.82, 2.24) is 10.2 Å². The van der Waals surface area contributed by atoms with Gasteiger partial charge in [-0.25, -0.2) is 0 Å². The topological polar surface area (TPSA) is 122 Å². The quantitative estimate of drug-likeness (QED) is 0.251. The standard InChI is InChI=1S/C5H7N5O2/c6-4(7)1-3-2-5(9-8-3)10(11)12/h2H,1H2,(H3,6,7)(H,8,9). The molecule has 0 saturated carbocycles.